The van der Waals surface area contributed by atoms with E-state index in [4.69, 9.17) is 5.73 Å². The number of fused-ring (bicyclic) bond motifs is 1. The van der Waals surface area contributed by atoms with Crippen molar-refractivity contribution in [1.82, 2.24) is 20.9 Å². The molecule has 2 saturated heterocycles. The van der Waals surface area contributed by atoms with Gasteiger partial charge in [0.25, 0.3) is 0 Å². The highest BCUT2D eigenvalue weighted by atomic mass is 33.1. The quantitative estimate of drug-likeness (QED) is 0.134. The minimum atomic E-state index is -0.279. The molecule has 4 atom stereocenters. The van der Waals surface area contributed by atoms with Crippen LogP contribution in [0.4, 0.5) is 4.79 Å². The Morgan fingerprint density at radius 2 is 2.06 bits per heavy atom. The standard InChI is InChI=1S/C24H39N5O3S3/c1-17(23(25)31)34-35-18-9-8-14-29(15-18)13-7-3-2-6-12-26-21(30)11-5-4-10-20-22-19(16-33-20)27-24(32)28-22/h8-9,14,17,19-20,22H,2-7,10-13,15-16H2,1H3,(H2,25,31)(H,26,30)(H2,27,28,32)/t17?,19-,20-,22-/m0/s1. The van der Waals surface area contributed by atoms with Crippen molar-refractivity contribution in [2.75, 3.05) is 25.4 Å². The van der Waals surface area contributed by atoms with Crippen LogP contribution in [0.15, 0.2) is 23.3 Å². The van der Waals surface area contributed by atoms with Gasteiger partial charge in [0.05, 0.1) is 17.3 Å². The number of carbonyl (C=O) groups excluding carboxylic acids is 3. The molecular weight excluding hydrogens is 502 g/mol. The van der Waals surface area contributed by atoms with Crippen LogP contribution in [0, 0.1) is 0 Å². The molecule has 0 aromatic heterocycles. The second kappa shape index (κ2) is 14.9. The summed E-state index contributed by atoms with van der Waals surface area (Å²) in [5.74, 6) is 0.854. The summed E-state index contributed by atoms with van der Waals surface area (Å²) in [4.78, 5) is 38.3. The van der Waals surface area contributed by atoms with E-state index in [1.807, 2.05) is 18.7 Å². The highest BCUT2D eigenvalue weighted by Crippen LogP contribution is 2.35. The van der Waals surface area contributed by atoms with Crippen molar-refractivity contribution in [2.24, 2.45) is 5.73 Å². The smallest absolute Gasteiger partial charge is 0.315 e. The van der Waals surface area contributed by atoms with E-state index in [0.29, 0.717) is 11.7 Å². The molecule has 0 spiro atoms. The predicted molar refractivity (Wildman–Crippen MR) is 148 cm³/mol. The van der Waals surface area contributed by atoms with E-state index < -0.39 is 0 Å². The fraction of sp³-hybridized carbons (Fsp3) is 0.708. The molecule has 0 bridgehead atoms. The van der Waals surface area contributed by atoms with Crippen molar-refractivity contribution in [3.05, 3.63) is 23.3 Å². The van der Waals surface area contributed by atoms with Gasteiger partial charge in [0.1, 0.15) is 0 Å². The van der Waals surface area contributed by atoms with E-state index in [2.05, 4.69) is 39.2 Å². The number of primary amides is 1. The van der Waals surface area contributed by atoms with Crippen molar-refractivity contribution in [3.8, 4) is 0 Å². The predicted octanol–water partition coefficient (Wildman–Crippen LogP) is 3.36. The summed E-state index contributed by atoms with van der Waals surface area (Å²) in [5.41, 5.74) is 5.32. The molecule has 0 aromatic carbocycles. The number of thioether (sulfide) groups is 1. The molecule has 8 nitrogen and oxygen atoms in total. The Bertz CT molecular complexity index is 794. The van der Waals surface area contributed by atoms with Gasteiger partial charge in [-0.25, -0.2) is 4.79 Å². The molecule has 0 aliphatic carbocycles. The number of unbranched alkanes of at least 4 members (excludes halogenated alkanes) is 4. The number of rotatable bonds is 16. The van der Waals surface area contributed by atoms with Crippen LogP contribution < -0.4 is 21.7 Å². The van der Waals surface area contributed by atoms with Crippen LogP contribution in [0.2, 0.25) is 0 Å². The highest BCUT2D eigenvalue weighted by molar-refractivity contribution is 8.78. The number of hydrogen-bond acceptors (Lipinski definition) is 7. The molecule has 3 heterocycles. The van der Waals surface area contributed by atoms with Gasteiger partial charge in [-0.3, -0.25) is 9.59 Å². The lowest BCUT2D eigenvalue weighted by molar-refractivity contribution is -0.121. The molecule has 2 fully saturated rings. The van der Waals surface area contributed by atoms with E-state index in [0.717, 1.165) is 70.3 Å². The molecule has 4 amide bonds. The van der Waals surface area contributed by atoms with Crippen LogP contribution in [0.3, 0.4) is 0 Å². The van der Waals surface area contributed by atoms with Gasteiger partial charge in [0, 0.05) is 42.0 Å². The molecule has 11 heteroatoms. The molecular formula is C24H39N5O3S3. The van der Waals surface area contributed by atoms with E-state index in [9.17, 15) is 14.4 Å². The molecule has 196 valence electrons. The summed E-state index contributed by atoms with van der Waals surface area (Å²) in [7, 11) is 3.14. The summed E-state index contributed by atoms with van der Waals surface area (Å²) in [6.45, 7) is 4.47. The first kappa shape index (κ1) is 28.1. The van der Waals surface area contributed by atoms with Crippen molar-refractivity contribution in [1.29, 1.82) is 0 Å². The minimum Gasteiger partial charge on any atom is -0.373 e. The van der Waals surface area contributed by atoms with Crippen molar-refractivity contribution >= 4 is 51.2 Å². The maximum Gasteiger partial charge on any atom is 0.315 e. The molecule has 5 N–H and O–H groups in total. The fourth-order valence-corrected chi connectivity index (χ4v) is 8.02. The lowest BCUT2D eigenvalue weighted by Gasteiger charge is -2.24. The zero-order valence-corrected chi connectivity index (χ0v) is 23.0. The van der Waals surface area contributed by atoms with Crippen molar-refractivity contribution in [2.45, 2.75) is 80.9 Å². The van der Waals surface area contributed by atoms with Gasteiger partial charge in [-0.15, -0.1) is 0 Å². The van der Waals surface area contributed by atoms with Crippen LogP contribution in [-0.4, -0.2) is 70.7 Å². The van der Waals surface area contributed by atoms with Gasteiger partial charge in [-0.05, 0) is 51.0 Å². The summed E-state index contributed by atoms with van der Waals surface area (Å²) in [5, 5.41) is 9.31. The van der Waals surface area contributed by atoms with Crippen LogP contribution in [-0.2, 0) is 9.59 Å². The Morgan fingerprint density at radius 3 is 2.89 bits per heavy atom. The number of nitrogens with one attached hydrogen (secondary N) is 3. The van der Waals surface area contributed by atoms with Gasteiger partial charge >= 0.3 is 6.03 Å². The Hall–Kier alpha value is -1.46. The normalized spacial score (nSPS) is 23.9. The Kier molecular flexibility index (Phi) is 12.0. The third-order valence-electron chi connectivity index (χ3n) is 6.41. The number of hydrogen-bond donors (Lipinski definition) is 4. The molecule has 1 unspecified atom stereocenters. The number of nitrogens with zero attached hydrogens (tertiary/aromatic N) is 1. The Labute approximate surface area is 221 Å². The molecule has 0 radical (unpaired) electrons. The molecule has 0 aromatic rings. The third kappa shape index (κ3) is 9.84. The second-order valence-electron chi connectivity index (χ2n) is 9.30. The minimum absolute atomic E-state index is 0.0407. The summed E-state index contributed by atoms with van der Waals surface area (Å²) in [6, 6.07) is 0.481. The maximum absolute atomic E-state index is 12.1. The van der Waals surface area contributed by atoms with Gasteiger partial charge in [-0.2, -0.15) is 11.8 Å². The van der Waals surface area contributed by atoms with Crippen molar-refractivity contribution in [3.63, 3.8) is 0 Å². The molecule has 0 saturated carbocycles. The van der Waals surface area contributed by atoms with Gasteiger partial charge in [0.15, 0.2) is 0 Å². The van der Waals surface area contributed by atoms with Crippen LogP contribution in [0.1, 0.15) is 58.3 Å². The number of allylic oxidation sites excluding steroid dienone is 2. The number of carbonyl (C=O) groups is 3. The SMILES string of the molecule is CC(SSC1=CC=CN(CCCCCCNC(=O)CCCC[C@@H]2SC[C@@H]3NC(=O)N[C@@H]32)C1)C(N)=O. The topological polar surface area (TPSA) is 117 Å². The summed E-state index contributed by atoms with van der Waals surface area (Å²) >= 11 is 1.93. The van der Waals surface area contributed by atoms with E-state index in [1.165, 1.54) is 15.7 Å². The van der Waals surface area contributed by atoms with E-state index in [1.54, 1.807) is 10.8 Å². The second-order valence-corrected chi connectivity index (χ2v) is 13.2. The van der Waals surface area contributed by atoms with Crippen LogP contribution in [0.25, 0.3) is 0 Å². The molecule has 35 heavy (non-hydrogen) atoms. The zero-order valence-electron chi connectivity index (χ0n) is 20.5. The lowest BCUT2D eigenvalue weighted by Crippen LogP contribution is -2.36. The average Bonchev–Trinajstić information content (AvgIpc) is 3.39. The van der Waals surface area contributed by atoms with Crippen LogP contribution in [0.5, 0.6) is 0 Å². The maximum atomic E-state index is 12.1. The Balaban J connectivity index is 1.13. The monoisotopic (exact) mass is 541 g/mol. The first-order chi connectivity index (χ1) is 16.9. The number of amides is 4. The number of nitrogens with two attached hydrogens (primary N) is 1. The van der Waals surface area contributed by atoms with E-state index in [-0.39, 0.29) is 35.2 Å². The van der Waals surface area contributed by atoms with Gasteiger partial charge < -0.3 is 26.6 Å². The van der Waals surface area contributed by atoms with Gasteiger partial charge in [-0.1, -0.05) is 40.9 Å². The molecule has 3 aliphatic heterocycles. The zero-order chi connectivity index (χ0) is 25.0. The average molecular weight is 542 g/mol. The van der Waals surface area contributed by atoms with Gasteiger partial charge in [0.2, 0.25) is 11.8 Å². The molecule has 3 aliphatic rings. The third-order valence-corrected chi connectivity index (χ3v) is 10.8. The first-order valence-electron chi connectivity index (χ1n) is 12.6. The van der Waals surface area contributed by atoms with Crippen molar-refractivity contribution < 1.29 is 14.4 Å². The largest absolute Gasteiger partial charge is 0.373 e. The van der Waals surface area contributed by atoms with E-state index >= 15 is 0 Å². The Morgan fingerprint density at radius 1 is 1.23 bits per heavy atom. The lowest BCUT2D eigenvalue weighted by atomic mass is 10.0. The first-order valence-corrected chi connectivity index (χ1v) is 15.9. The summed E-state index contributed by atoms with van der Waals surface area (Å²) in [6.07, 6.45) is 14.2. The molecule has 3 rings (SSSR count). The highest BCUT2D eigenvalue weighted by Gasteiger charge is 2.42. The number of urea groups is 1. The fourth-order valence-electron chi connectivity index (χ4n) is 4.35. The van der Waals surface area contributed by atoms with Crippen LogP contribution >= 0.6 is 33.3 Å². The summed E-state index contributed by atoms with van der Waals surface area (Å²) < 4.78 is 0.